The zero-order valence-electron chi connectivity index (χ0n) is 20.4. The van der Waals surface area contributed by atoms with E-state index in [4.69, 9.17) is 18.6 Å². The minimum atomic E-state index is -0.463. The molecule has 0 unspecified atom stereocenters. The summed E-state index contributed by atoms with van der Waals surface area (Å²) >= 11 is 0. The maximum Gasteiger partial charge on any atom is 0.336 e. The molecule has 5 rings (SSSR count). The predicted octanol–water partition coefficient (Wildman–Crippen LogP) is 6.17. The Hall–Kier alpha value is -4.32. The molecule has 36 heavy (non-hydrogen) atoms. The van der Waals surface area contributed by atoms with E-state index in [1.54, 1.807) is 7.11 Å². The molecule has 0 aliphatic carbocycles. The lowest BCUT2D eigenvalue weighted by atomic mass is 9.82. The molecule has 1 aromatic heterocycles. The number of aryl methyl sites for hydroxylation is 1. The van der Waals surface area contributed by atoms with Crippen LogP contribution < -0.4 is 19.8 Å². The van der Waals surface area contributed by atoms with Gasteiger partial charge in [0.25, 0.3) is 0 Å². The Bertz CT molecular complexity index is 1550. The Morgan fingerprint density at radius 3 is 2.56 bits per heavy atom. The number of fused-ring (bicyclic) bond motifs is 3. The largest absolute Gasteiger partial charge is 0.493 e. The van der Waals surface area contributed by atoms with Crippen LogP contribution in [0.5, 0.6) is 17.2 Å². The van der Waals surface area contributed by atoms with Gasteiger partial charge in [-0.2, -0.15) is 0 Å². The van der Waals surface area contributed by atoms with E-state index in [-0.39, 0.29) is 18.3 Å². The molecule has 1 aliphatic rings. The number of carbonyl (C=O) groups excluding carboxylic acids is 1. The fraction of sp³-hybridized carbons (Fsp3) is 0.200. The van der Waals surface area contributed by atoms with Crippen molar-refractivity contribution in [3.05, 3.63) is 99.9 Å². The molecular weight excluding hydrogens is 456 g/mol. The Morgan fingerprint density at radius 1 is 1.06 bits per heavy atom. The van der Waals surface area contributed by atoms with Crippen molar-refractivity contribution in [2.24, 2.45) is 0 Å². The minimum absolute atomic E-state index is 0.173. The summed E-state index contributed by atoms with van der Waals surface area (Å²) in [6.07, 6.45) is 0.173. The molecule has 3 aromatic carbocycles. The number of ether oxygens (including phenoxy) is 3. The van der Waals surface area contributed by atoms with Crippen molar-refractivity contribution in [1.82, 2.24) is 0 Å². The fourth-order valence-electron chi connectivity index (χ4n) is 4.75. The first-order valence-corrected chi connectivity index (χ1v) is 11.7. The Kier molecular flexibility index (Phi) is 6.10. The van der Waals surface area contributed by atoms with E-state index < -0.39 is 5.63 Å². The fourth-order valence-corrected chi connectivity index (χ4v) is 4.75. The SMILES string of the molecule is C=C(C)COc1ccc([C@@H]2CC(=O)Oc3c2c(C)cc2oc(=O)cc(-c4ccccc4)c32)cc1OC. The summed E-state index contributed by atoms with van der Waals surface area (Å²) in [5, 5.41) is 0.604. The normalized spacial score (nSPS) is 14.8. The van der Waals surface area contributed by atoms with Gasteiger partial charge in [-0.25, -0.2) is 4.79 Å². The van der Waals surface area contributed by atoms with E-state index in [1.807, 2.05) is 68.4 Å². The molecule has 182 valence electrons. The lowest BCUT2D eigenvalue weighted by Crippen LogP contribution is -2.22. The van der Waals surface area contributed by atoms with Crippen LogP contribution in [0.25, 0.3) is 22.1 Å². The van der Waals surface area contributed by atoms with Gasteiger partial charge in [-0.05, 0) is 54.3 Å². The Labute approximate surface area is 208 Å². The van der Waals surface area contributed by atoms with Gasteiger partial charge in [0, 0.05) is 23.1 Å². The van der Waals surface area contributed by atoms with Crippen molar-refractivity contribution in [2.75, 3.05) is 13.7 Å². The van der Waals surface area contributed by atoms with Crippen LogP contribution in [0.15, 0.2) is 82.0 Å². The molecule has 0 saturated carbocycles. The first-order chi connectivity index (χ1) is 17.4. The van der Waals surface area contributed by atoms with Gasteiger partial charge >= 0.3 is 11.6 Å². The van der Waals surface area contributed by atoms with Gasteiger partial charge in [0.2, 0.25) is 0 Å². The summed E-state index contributed by atoms with van der Waals surface area (Å²) in [6.45, 7) is 8.08. The van der Waals surface area contributed by atoms with Gasteiger partial charge in [0.15, 0.2) is 11.5 Å². The average Bonchev–Trinajstić information content (AvgIpc) is 2.86. The third-order valence-corrected chi connectivity index (χ3v) is 6.32. The number of esters is 1. The van der Waals surface area contributed by atoms with Gasteiger partial charge in [-0.15, -0.1) is 0 Å². The van der Waals surface area contributed by atoms with Crippen molar-refractivity contribution in [3.8, 4) is 28.4 Å². The highest BCUT2D eigenvalue weighted by Gasteiger charge is 2.33. The second kappa shape index (κ2) is 9.38. The topological polar surface area (TPSA) is 75.0 Å². The van der Waals surface area contributed by atoms with Crippen molar-refractivity contribution >= 4 is 16.9 Å². The zero-order valence-corrected chi connectivity index (χ0v) is 20.4. The molecule has 4 aromatic rings. The van der Waals surface area contributed by atoms with Gasteiger partial charge in [-0.3, -0.25) is 4.79 Å². The molecule has 0 bridgehead atoms. The van der Waals surface area contributed by atoms with Crippen LogP contribution in [0.1, 0.15) is 36.0 Å². The van der Waals surface area contributed by atoms with E-state index in [9.17, 15) is 9.59 Å². The maximum atomic E-state index is 12.9. The number of hydrogen-bond donors (Lipinski definition) is 0. The third kappa shape index (κ3) is 4.26. The monoisotopic (exact) mass is 482 g/mol. The molecule has 1 atom stereocenters. The molecule has 1 aliphatic heterocycles. The van der Waals surface area contributed by atoms with Crippen LogP contribution >= 0.6 is 0 Å². The molecule has 6 nitrogen and oxygen atoms in total. The Balaban J connectivity index is 1.71. The third-order valence-electron chi connectivity index (χ3n) is 6.32. The van der Waals surface area contributed by atoms with Crippen molar-refractivity contribution in [2.45, 2.75) is 26.2 Å². The van der Waals surface area contributed by atoms with E-state index in [0.29, 0.717) is 40.4 Å². The van der Waals surface area contributed by atoms with E-state index >= 15 is 0 Å². The number of hydrogen-bond acceptors (Lipinski definition) is 6. The highest BCUT2D eigenvalue weighted by molar-refractivity contribution is 6.01. The van der Waals surface area contributed by atoms with Crippen LogP contribution in [-0.4, -0.2) is 19.7 Å². The lowest BCUT2D eigenvalue weighted by molar-refractivity contribution is -0.135. The molecule has 6 heteroatoms. The average molecular weight is 483 g/mol. The first kappa shape index (κ1) is 23.4. The van der Waals surface area contributed by atoms with Crippen molar-refractivity contribution < 1.29 is 23.4 Å². The summed E-state index contributed by atoms with van der Waals surface area (Å²) in [5.74, 6) is 0.974. The number of carbonyl (C=O) groups is 1. The van der Waals surface area contributed by atoms with Gasteiger partial charge < -0.3 is 18.6 Å². The van der Waals surface area contributed by atoms with Crippen LogP contribution in [0.4, 0.5) is 0 Å². The molecular formula is C30H26O6. The lowest BCUT2D eigenvalue weighted by Gasteiger charge is -2.28. The van der Waals surface area contributed by atoms with Gasteiger partial charge in [0.05, 0.1) is 18.9 Å². The number of rotatable bonds is 6. The first-order valence-electron chi connectivity index (χ1n) is 11.7. The van der Waals surface area contributed by atoms with Crippen molar-refractivity contribution in [3.63, 3.8) is 0 Å². The molecule has 2 heterocycles. The number of methoxy groups -OCH3 is 1. The summed E-state index contributed by atoms with van der Waals surface area (Å²) in [5.41, 5.74) is 4.95. The standard InChI is InChI=1S/C30H26O6/c1-17(2)16-34-23-11-10-20(13-24(23)33-4)22-15-27(32)36-30-28(22)18(3)12-25-29(30)21(14-26(31)35-25)19-8-6-5-7-9-19/h5-14,22H,1,15-16H2,2-4H3/t22-/m0/s1. The highest BCUT2D eigenvalue weighted by atomic mass is 16.5. The van der Waals surface area contributed by atoms with Gasteiger partial charge in [0.1, 0.15) is 17.9 Å². The molecule has 0 amide bonds. The van der Waals surface area contributed by atoms with Crippen molar-refractivity contribution in [1.29, 1.82) is 0 Å². The molecule has 0 N–H and O–H groups in total. The summed E-state index contributed by atoms with van der Waals surface area (Å²) < 4.78 is 22.8. The van der Waals surface area contributed by atoms with E-state index in [2.05, 4.69) is 6.58 Å². The summed E-state index contributed by atoms with van der Waals surface area (Å²) in [7, 11) is 1.59. The second-order valence-electron chi connectivity index (χ2n) is 9.04. The molecule has 0 spiro atoms. The van der Waals surface area contributed by atoms with Crippen LogP contribution in [0.2, 0.25) is 0 Å². The smallest absolute Gasteiger partial charge is 0.336 e. The van der Waals surface area contributed by atoms with Crippen LogP contribution in [0.3, 0.4) is 0 Å². The van der Waals surface area contributed by atoms with E-state index in [1.165, 1.54) is 6.07 Å². The molecule has 0 saturated heterocycles. The predicted molar refractivity (Wildman–Crippen MR) is 138 cm³/mol. The Morgan fingerprint density at radius 2 is 1.83 bits per heavy atom. The second-order valence-corrected chi connectivity index (χ2v) is 9.04. The maximum absolute atomic E-state index is 12.9. The minimum Gasteiger partial charge on any atom is -0.493 e. The zero-order chi connectivity index (χ0) is 25.4. The van der Waals surface area contributed by atoms with Crippen LogP contribution in [-0.2, 0) is 4.79 Å². The summed E-state index contributed by atoms with van der Waals surface area (Å²) in [6, 6.07) is 18.5. The molecule has 0 radical (unpaired) electrons. The summed E-state index contributed by atoms with van der Waals surface area (Å²) in [4.78, 5) is 25.3. The van der Waals surface area contributed by atoms with Crippen LogP contribution in [0, 0.1) is 6.92 Å². The quantitative estimate of drug-likeness (QED) is 0.142. The van der Waals surface area contributed by atoms with Gasteiger partial charge in [-0.1, -0.05) is 43.0 Å². The van der Waals surface area contributed by atoms with E-state index in [0.717, 1.165) is 27.8 Å². The molecule has 0 fully saturated rings. The number of benzene rings is 3. The highest BCUT2D eigenvalue weighted by Crippen LogP contribution is 2.48.